The molecule has 0 saturated heterocycles. The fourth-order valence-corrected chi connectivity index (χ4v) is 4.04. The van der Waals surface area contributed by atoms with E-state index in [1.807, 2.05) is 51.1 Å². The van der Waals surface area contributed by atoms with E-state index >= 15 is 0 Å². The number of aromatic hydroxyl groups is 1. The summed E-state index contributed by atoms with van der Waals surface area (Å²) in [4.78, 5) is 21.7. The first-order valence-corrected chi connectivity index (χ1v) is 12.9. The summed E-state index contributed by atoms with van der Waals surface area (Å²) in [7, 11) is 0. The standard InChI is InChI=1S/C28H35N3O3.C2HF3O2/c1-4-34-27-11-10-22(17-30-16-21-8-6-5-7-9-21)14-23(27)18-31-28(33)26(29)15-25-19(2)12-24(32)13-20(25)3;3-2(4,5)1(6)7/h5-14,26,30,32H,4,15-18,29H2,1-3H3,(H,31,33);(H,6,7)/t26-;/m0./s1. The molecule has 1 atom stereocenters. The molecule has 1 amide bonds. The van der Waals surface area contributed by atoms with E-state index < -0.39 is 18.2 Å². The fraction of sp³-hybridized carbons (Fsp3) is 0.333. The Bertz CT molecular complexity index is 1280. The van der Waals surface area contributed by atoms with Gasteiger partial charge in [0.05, 0.1) is 12.6 Å². The van der Waals surface area contributed by atoms with Crippen molar-refractivity contribution in [2.45, 2.75) is 59.0 Å². The van der Waals surface area contributed by atoms with Crippen LogP contribution in [0, 0.1) is 13.8 Å². The molecule has 0 spiro atoms. The minimum atomic E-state index is -5.08. The normalized spacial score (nSPS) is 11.7. The number of aryl methyl sites for hydroxylation is 2. The van der Waals surface area contributed by atoms with Gasteiger partial charge in [0.2, 0.25) is 5.91 Å². The molecule has 0 aliphatic heterocycles. The van der Waals surface area contributed by atoms with Gasteiger partial charge in [-0.1, -0.05) is 36.4 Å². The maximum Gasteiger partial charge on any atom is 0.490 e. The number of carboxylic acids is 1. The number of halogens is 3. The Morgan fingerprint density at radius 2 is 1.54 bits per heavy atom. The third-order valence-electron chi connectivity index (χ3n) is 6.06. The van der Waals surface area contributed by atoms with Crippen molar-refractivity contribution < 1.29 is 37.7 Å². The number of aliphatic carboxylic acids is 1. The number of nitrogens with two attached hydrogens (primary N) is 1. The van der Waals surface area contributed by atoms with Gasteiger partial charge in [0.25, 0.3) is 0 Å². The van der Waals surface area contributed by atoms with Crippen molar-refractivity contribution in [3.05, 3.63) is 94.0 Å². The van der Waals surface area contributed by atoms with Gasteiger partial charge in [0, 0.05) is 25.2 Å². The van der Waals surface area contributed by atoms with E-state index in [9.17, 15) is 23.1 Å². The largest absolute Gasteiger partial charge is 0.508 e. The lowest BCUT2D eigenvalue weighted by atomic mass is 9.96. The lowest BCUT2D eigenvalue weighted by Crippen LogP contribution is -2.42. The maximum absolute atomic E-state index is 12.8. The van der Waals surface area contributed by atoms with Crippen LogP contribution < -0.4 is 21.1 Å². The van der Waals surface area contributed by atoms with Crippen molar-refractivity contribution >= 4 is 11.9 Å². The Morgan fingerprint density at radius 1 is 0.951 bits per heavy atom. The second kappa shape index (κ2) is 15.6. The number of hydrogen-bond acceptors (Lipinski definition) is 6. The molecule has 0 heterocycles. The van der Waals surface area contributed by atoms with Crippen LogP contribution in [-0.4, -0.2) is 40.9 Å². The van der Waals surface area contributed by atoms with E-state index in [2.05, 4.69) is 28.8 Å². The number of carbonyl (C=O) groups is 2. The molecule has 8 nitrogen and oxygen atoms in total. The molecule has 41 heavy (non-hydrogen) atoms. The van der Waals surface area contributed by atoms with Gasteiger partial charge in [0.1, 0.15) is 11.5 Å². The van der Waals surface area contributed by atoms with E-state index in [0.717, 1.165) is 40.1 Å². The Labute approximate surface area is 237 Å². The van der Waals surface area contributed by atoms with Crippen LogP contribution in [0.3, 0.4) is 0 Å². The first kappa shape index (κ1) is 33.1. The molecule has 0 radical (unpaired) electrons. The monoisotopic (exact) mass is 575 g/mol. The number of carbonyl (C=O) groups excluding carboxylic acids is 1. The Hall–Kier alpha value is -4.09. The van der Waals surface area contributed by atoms with Crippen molar-refractivity contribution in [1.82, 2.24) is 10.6 Å². The summed E-state index contributed by atoms with van der Waals surface area (Å²) in [5.74, 6) is -2.00. The summed E-state index contributed by atoms with van der Waals surface area (Å²) in [5.41, 5.74) is 12.3. The molecule has 222 valence electrons. The molecule has 0 unspecified atom stereocenters. The predicted octanol–water partition coefficient (Wildman–Crippen LogP) is 4.52. The van der Waals surface area contributed by atoms with Crippen LogP contribution in [0.4, 0.5) is 13.2 Å². The zero-order valence-corrected chi connectivity index (χ0v) is 23.2. The molecule has 3 rings (SSSR count). The number of nitrogens with one attached hydrogen (secondary N) is 2. The molecule has 11 heteroatoms. The van der Waals surface area contributed by atoms with Crippen molar-refractivity contribution in [2.24, 2.45) is 5.73 Å². The molecular weight excluding hydrogens is 539 g/mol. The van der Waals surface area contributed by atoms with Crippen molar-refractivity contribution in [1.29, 1.82) is 0 Å². The van der Waals surface area contributed by atoms with E-state index in [-0.39, 0.29) is 11.7 Å². The molecule has 0 bridgehead atoms. The number of ether oxygens (including phenoxy) is 1. The van der Waals surface area contributed by atoms with Gasteiger partial charge >= 0.3 is 12.1 Å². The molecule has 0 aromatic heterocycles. The number of carboxylic acid groups (broad SMARTS) is 1. The first-order valence-electron chi connectivity index (χ1n) is 12.9. The van der Waals surface area contributed by atoms with E-state index in [0.29, 0.717) is 26.1 Å². The van der Waals surface area contributed by atoms with Crippen LogP contribution in [0.25, 0.3) is 0 Å². The molecular formula is C30H36F3N3O5. The average Bonchev–Trinajstić information content (AvgIpc) is 2.90. The number of alkyl halides is 3. The summed E-state index contributed by atoms with van der Waals surface area (Å²) in [6, 6.07) is 19.0. The lowest BCUT2D eigenvalue weighted by molar-refractivity contribution is -0.192. The second-order valence-electron chi connectivity index (χ2n) is 9.35. The Morgan fingerprint density at radius 3 is 2.10 bits per heavy atom. The van der Waals surface area contributed by atoms with Gasteiger partial charge in [-0.15, -0.1) is 0 Å². The maximum atomic E-state index is 12.8. The zero-order chi connectivity index (χ0) is 30.6. The van der Waals surface area contributed by atoms with E-state index in [4.69, 9.17) is 20.4 Å². The average molecular weight is 576 g/mol. The summed E-state index contributed by atoms with van der Waals surface area (Å²) in [6.07, 6.45) is -4.68. The summed E-state index contributed by atoms with van der Waals surface area (Å²) in [6.45, 7) is 8.15. The Balaban J connectivity index is 0.000000745. The van der Waals surface area contributed by atoms with Crippen LogP contribution in [0.2, 0.25) is 0 Å². The molecule has 3 aromatic carbocycles. The highest BCUT2D eigenvalue weighted by Crippen LogP contribution is 2.23. The van der Waals surface area contributed by atoms with Gasteiger partial charge in [0.15, 0.2) is 0 Å². The topological polar surface area (TPSA) is 134 Å². The predicted molar refractivity (Wildman–Crippen MR) is 149 cm³/mol. The molecule has 3 aromatic rings. The third kappa shape index (κ3) is 11.1. The van der Waals surface area contributed by atoms with E-state index in [1.165, 1.54) is 5.56 Å². The molecule has 0 aliphatic rings. The minimum Gasteiger partial charge on any atom is -0.508 e. The van der Waals surface area contributed by atoms with Gasteiger partial charge in [-0.2, -0.15) is 13.2 Å². The number of phenolic OH excluding ortho intramolecular Hbond substituents is 1. The summed E-state index contributed by atoms with van der Waals surface area (Å²) >= 11 is 0. The molecule has 0 aliphatic carbocycles. The van der Waals surface area contributed by atoms with E-state index in [1.54, 1.807) is 12.1 Å². The van der Waals surface area contributed by atoms with Gasteiger partial charge < -0.3 is 31.3 Å². The fourth-order valence-electron chi connectivity index (χ4n) is 4.04. The van der Waals surface area contributed by atoms with Crippen molar-refractivity contribution in [3.63, 3.8) is 0 Å². The number of rotatable bonds is 11. The van der Waals surface area contributed by atoms with Crippen LogP contribution in [0.1, 0.15) is 40.3 Å². The molecule has 0 fully saturated rings. The highest BCUT2D eigenvalue weighted by Gasteiger charge is 2.38. The van der Waals surface area contributed by atoms with Crippen molar-refractivity contribution in [3.8, 4) is 11.5 Å². The van der Waals surface area contributed by atoms with Crippen LogP contribution in [0.5, 0.6) is 11.5 Å². The first-order chi connectivity index (χ1) is 19.3. The van der Waals surface area contributed by atoms with Crippen LogP contribution in [0.15, 0.2) is 60.7 Å². The van der Waals surface area contributed by atoms with Crippen LogP contribution in [-0.2, 0) is 35.6 Å². The lowest BCUT2D eigenvalue weighted by Gasteiger charge is -2.17. The molecule has 0 saturated carbocycles. The number of hydrogen-bond donors (Lipinski definition) is 5. The number of amides is 1. The SMILES string of the molecule is CCOc1ccc(CNCc2ccccc2)cc1CNC(=O)[C@@H](N)Cc1c(C)cc(O)cc1C.O=C(O)C(F)(F)F. The quantitative estimate of drug-likeness (QED) is 0.227. The second-order valence-corrected chi connectivity index (χ2v) is 9.35. The summed E-state index contributed by atoms with van der Waals surface area (Å²) in [5, 5.41) is 23.3. The number of benzene rings is 3. The van der Waals surface area contributed by atoms with Gasteiger partial charge in [-0.25, -0.2) is 4.79 Å². The third-order valence-corrected chi connectivity index (χ3v) is 6.06. The van der Waals surface area contributed by atoms with Gasteiger partial charge in [-0.05, 0) is 79.3 Å². The summed E-state index contributed by atoms with van der Waals surface area (Å²) < 4.78 is 37.5. The van der Waals surface area contributed by atoms with Crippen LogP contribution >= 0.6 is 0 Å². The molecule has 6 N–H and O–H groups in total. The number of phenols is 1. The minimum absolute atomic E-state index is 0.220. The zero-order valence-electron chi connectivity index (χ0n) is 23.2. The van der Waals surface area contributed by atoms with Gasteiger partial charge in [-0.3, -0.25) is 4.79 Å². The van der Waals surface area contributed by atoms with Crippen molar-refractivity contribution in [2.75, 3.05) is 6.61 Å². The Kier molecular flexibility index (Phi) is 12.6. The smallest absolute Gasteiger partial charge is 0.490 e. The highest BCUT2D eigenvalue weighted by molar-refractivity contribution is 5.82. The highest BCUT2D eigenvalue weighted by atomic mass is 19.4.